The molecule has 1 aliphatic heterocycles. The number of hydrogen-bond acceptors (Lipinski definition) is 3. The molecule has 1 fully saturated rings. The van der Waals surface area contributed by atoms with Crippen LogP contribution >= 0.6 is 39.3 Å². The number of rotatable bonds is 1. The molecule has 0 unspecified atom stereocenters. The molecule has 1 heterocycles. The molecule has 0 aromatic heterocycles. The summed E-state index contributed by atoms with van der Waals surface area (Å²) in [4.78, 5) is 4.87. The molecule has 1 saturated carbocycles. The van der Waals surface area contributed by atoms with Gasteiger partial charge < -0.3 is 5.32 Å². The number of anilines is 1. The van der Waals surface area contributed by atoms with Crippen LogP contribution < -0.4 is 5.32 Å². The molecule has 6 heteroatoms. The molecule has 1 aromatic rings. The van der Waals surface area contributed by atoms with Gasteiger partial charge in [0.2, 0.25) is 0 Å². The molecule has 0 atom stereocenters. The fraction of sp³-hybridized carbons (Fsp3) is 0.500. The second-order valence-corrected chi connectivity index (χ2v) is 7.59. The smallest absolute Gasteiger partial charge is 0.161 e. The Balaban J connectivity index is 1.80. The van der Waals surface area contributed by atoms with Crippen LogP contribution in [0.4, 0.5) is 10.1 Å². The van der Waals surface area contributed by atoms with E-state index >= 15 is 0 Å². The largest absolute Gasteiger partial charge is 0.333 e. The second kappa shape index (κ2) is 5.85. The number of benzene rings is 1. The molecule has 2 aliphatic rings. The average molecular weight is 378 g/mol. The van der Waals surface area contributed by atoms with E-state index in [1.807, 2.05) is 0 Å². The molecule has 108 valence electrons. The number of nitrogens with zero attached hydrogens (tertiary/aromatic N) is 1. The third-order valence-electron chi connectivity index (χ3n) is 3.84. The van der Waals surface area contributed by atoms with Gasteiger partial charge in [-0.3, -0.25) is 4.99 Å². The van der Waals surface area contributed by atoms with Crippen molar-refractivity contribution in [1.82, 2.24) is 0 Å². The maximum absolute atomic E-state index is 13.2. The molecule has 0 amide bonds. The molecule has 1 N–H and O–H groups in total. The summed E-state index contributed by atoms with van der Waals surface area (Å²) in [6.45, 7) is 0. The first kappa shape index (κ1) is 14.7. The minimum Gasteiger partial charge on any atom is -0.333 e. The van der Waals surface area contributed by atoms with E-state index in [-0.39, 0.29) is 11.4 Å². The number of halogens is 3. The molecule has 0 saturated heterocycles. The number of amidine groups is 1. The van der Waals surface area contributed by atoms with Gasteiger partial charge in [-0.05, 0) is 40.9 Å². The Morgan fingerprint density at radius 1 is 1.30 bits per heavy atom. The quantitative estimate of drug-likeness (QED) is 0.703. The van der Waals surface area contributed by atoms with Crippen molar-refractivity contribution in [2.24, 2.45) is 4.99 Å². The summed E-state index contributed by atoms with van der Waals surface area (Å²) >= 11 is 11.2. The molecule has 0 radical (unpaired) electrons. The molecule has 20 heavy (non-hydrogen) atoms. The van der Waals surface area contributed by atoms with Crippen molar-refractivity contribution >= 4 is 50.1 Å². The van der Waals surface area contributed by atoms with Gasteiger partial charge in [0.05, 0.1) is 16.2 Å². The lowest BCUT2D eigenvalue weighted by molar-refractivity contribution is 0.335. The van der Waals surface area contributed by atoms with Crippen molar-refractivity contribution in [2.45, 2.75) is 37.6 Å². The maximum Gasteiger partial charge on any atom is 0.161 e. The molecular formula is C14H15BrClFN2S. The highest BCUT2D eigenvalue weighted by molar-refractivity contribution is 9.10. The van der Waals surface area contributed by atoms with Crippen molar-refractivity contribution in [3.63, 3.8) is 0 Å². The van der Waals surface area contributed by atoms with Crippen molar-refractivity contribution in [1.29, 1.82) is 0 Å². The van der Waals surface area contributed by atoms with Crippen LogP contribution in [0.2, 0.25) is 5.02 Å². The fourth-order valence-electron chi connectivity index (χ4n) is 2.78. The van der Waals surface area contributed by atoms with Crippen LogP contribution in [0.1, 0.15) is 32.1 Å². The summed E-state index contributed by atoms with van der Waals surface area (Å²) in [5.74, 6) is 0.684. The maximum atomic E-state index is 13.2. The van der Waals surface area contributed by atoms with E-state index in [0.717, 1.165) is 10.9 Å². The van der Waals surface area contributed by atoms with Crippen molar-refractivity contribution in [3.8, 4) is 0 Å². The predicted molar refractivity (Wildman–Crippen MR) is 88.4 cm³/mol. The van der Waals surface area contributed by atoms with E-state index in [1.54, 1.807) is 11.8 Å². The minimum atomic E-state index is -0.350. The lowest BCUT2D eigenvalue weighted by atomic mass is 9.84. The van der Waals surface area contributed by atoms with Gasteiger partial charge in [-0.15, -0.1) is 0 Å². The van der Waals surface area contributed by atoms with E-state index in [0.29, 0.717) is 15.2 Å². The summed E-state index contributed by atoms with van der Waals surface area (Å²) in [5, 5.41) is 4.50. The Hall–Kier alpha value is -0.260. The number of thioether (sulfide) groups is 1. The van der Waals surface area contributed by atoms with Crippen molar-refractivity contribution in [3.05, 3.63) is 27.4 Å². The zero-order chi connectivity index (χ0) is 14.2. The highest BCUT2D eigenvalue weighted by Gasteiger charge is 2.36. The lowest BCUT2D eigenvalue weighted by Crippen LogP contribution is -2.29. The van der Waals surface area contributed by atoms with Gasteiger partial charge in [0.25, 0.3) is 0 Å². The van der Waals surface area contributed by atoms with Gasteiger partial charge in [0.1, 0.15) is 5.82 Å². The second-order valence-electron chi connectivity index (χ2n) is 5.36. The van der Waals surface area contributed by atoms with E-state index in [2.05, 4.69) is 21.2 Å². The minimum absolute atomic E-state index is 0.115. The van der Waals surface area contributed by atoms with E-state index < -0.39 is 0 Å². The highest BCUT2D eigenvalue weighted by atomic mass is 79.9. The third kappa shape index (κ3) is 3.00. The van der Waals surface area contributed by atoms with Gasteiger partial charge in [0, 0.05) is 10.2 Å². The van der Waals surface area contributed by atoms with Crippen LogP contribution in [0.3, 0.4) is 0 Å². The van der Waals surface area contributed by atoms with Gasteiger partial charge in [0.15, 0.2) is 5.17 Å². The third-order valence-corrected chi connectivity index (χ3v) is 5.91. The topological polar surface area (TPSA) is 24.4 Å². The predicted octanol–water partition coefficient (Wildman–Crippen LogP) is 5.46. The summed E-state index contributed by atoms with van der Waals surface area (Å²) in [7, 11) is 0. The van der Waals surface area contributed by atoms with Crippen LogP contribution in [0.5, 0.6) is 0 Å². The van der Waals surface area contributed by atoms with Crippen LogP contribution in [-0.4, -0.2) is 16.5 Å². The number of aliphatic imine (C=N–C) groups is 1. The summed E-state index contributed by atoms with van der Waals surface area (Å²) in [6.07, 6.45) is 6.18. The van der Waals surface area contributed by atoms with E-state index in [4.69, 9.17) is 16.6 Å². The number of nitrogens with one attached hydrogen (secondary N) is 1. The molecule has 1 spiro atoms. The number of hydrogen-bond donors (Lipinski definition) is 1. The van der Waals surface area contributed by atoms with Gasteiger partial charge in [-0.25, -0.2) is 4.39 Å². The Bertz CT molecular complexity index is 535. The first-order chi connectivity index (χ1) is 9.58. The Morgan fingerprint density at radius 2 is 2.05 bits per heavy atom. The van der Waals surface area contributed by atoms with Crippen LogP contribution in [0, 0.1) is 5.82 Å². The van der Waals surface area contributed by atoms with Crippen LogP contribution in [0.15, 0.2) is 21.6 Å². The summed E-state index contributed by atoms with van der Waals surface area (Å²) < 4.78 is 13.9. The first-order valence-electron chi connectivity index (χ1n) is 6.72. The van der Waals surface area contributed by atoms with E-state index in [9.17, 15) is 4.39 Å². The average Bonchev–Trinajstić information content (AvgIpc) is 2.77. The van der Waals surface area contributed by atoms with Crippen molar-refractivity contribution < 1.29 is 4.39 Å². The molecule has 1 aliphatic carbocycles. The Morgan fingerprint density at radius 3 is 2.75 bits per heavy atom. The summed E-state index contributed by atoms with van der Waals surface area (Å²) in [5.41, 5.74) is 0.803. The normalized spacial score (nSPS) is 21.1. The van der Waals surface area contributed by atoms with Crippen LogP contribution in [0.25, 0.3) is 0 Å². The van der Waals surface area contributed by atoms with Gasteiger partial charge in [-0.2, -0.15) is 0 Å². The van der Waals surface area contributed by atoms with Gasteiger partial charge >= 0.3 is 0 Å². The van der Waals surface area contributed by atoms with Crippen molar-refractivity contribution in [2.75, 3.05) is 11.1 Å². The zero-order valence-corrected chi connectivity index (χ0v) is 14.0. The van der Waals surface area contributed by atoms with E-state index in [1.165, 1.54) is 44.2 Å². The molecule has 1 aromatic carbocycles. The molecule has 0 bridgehead atoms. The lowest BCUT2D eigenvalue weighted by Gasteiger charge is -2.29. The van der Waals surface area contributed by atoms with Crippen LogP contribution in [-0.2, 0) is 0 Å². The molecular weight excluding hydrogens is 363 g/mol. The molecule has 3 rings (SSSR count). The first-order valence-corrected chi connectivity index (χ1v) is 8.88. The fourth-order valence-corrected chi connectivity index (χ4v) is 4.87. The van der Waals surface area contributed by atoms with Gasteiger partial charge in [-0.1, -0.05) is 42.6 Å². The summed E-state index contributed by atoms with van der Waals surface area (Å²) in [6, 6.07) is 2.72. The zero-order valence-electron chi connectivity index (χ0n) is 10.9. The SMILES string of the molecule is Fc1cc(Cl)c(NC2=NC3(CCCCC3)CS2)c(Br)c1. The molecule has 2 nitrogen and oxygen atoms in total. The standard InChI is InChI=1S/C14H15BrClFN2S/c15-10-6-9(17)7-11(16)12(10)18-13-19-14(8-20-13)4-2-1-3-5-14/h6-7H,1-5,8H2,(H,18,19). The highest BCUT2D eigenvalue weighted by Crippen LogP contribution is 2.41. The Labute approximate surface area is 135 Å². The monoisotopic (exact) mass is 376 g/mol. The Kier molecular flexibility index (Phi) is 4.29.